The van der Waals surface area contributed by atoms with Gasteiger partial charge in [0.25, 0.3) is 5.91 Å². The van der Waals surface area contributed by atoms with E-state index in [1.165, 1.54) is 18.2 Å². The summed E-state index contributed by atoms with van der Waals surface area (Å²) in [6, 6.07) is 14.8. The minimum Gasteiger partial charge on any atom is -0.454 e. The number of benzene rings is 2. The highest BCUT2D eigenvalue weighted by Gasteiger charge is 2.30. The van der Waals surface area contributed by atoms with Gasteiger partial charge in [0.1, 0.15) is 12.1 Å². The lowest BCUT2D eigenvalue weighted by Crippen LogP contribution is -2.45. The fraction of sp³-hybridized carbons (Fsp3) is 0.250. The quantitative estimate of drug-likeness (QED) is 0.636. The molecular formula is C20H21N3O5S. The lowest BCUT2D eigenvalue weighted by atomic mass is 10.1. The van der Waals surface area contributed by atoms with E-state index >= 15 is 0 Å². The number of hydrogen-bond donors (Lipinski definition) is 2. The van der Waals surface area contributed by atoms with Gasteiger partial charge in [-0.05, 0) is 30.2 Å². The van der Waals surface area contributed by atoms with E-state index in [1.807, 2.05) is 6.07 Å². The second kappa shape index (κ2) is 9.82. The zero-order chi connectivity index (χ0) is 21.4. The number of amides is 1. The highest BCUT2D eigenvalue weighted by Crippen LogP contribution is 2.14. The molecule has 2 aromatic rings. The molecule has 2 aromatic carbocycles. The minimum absolute atomic E-state index is 0.0179. The maximum atomic E-state index is 12.5. The fourth-order valence-electron chi connectivity index (χ4n) is 2.39. The third-order valence-electron chi connectivity index (χ3n) is 3.92. The molecule has 0 aliphatic heterocycles. The Balaban J connectivity index is 2.01. The van der Waals surface area contributed by atoms with Crippen LogP contribution in [0.15, 0.2) is 59.5 Å². The largest absolute Gasteiger partial charge is 0.454 e. The third kappa shape index (κ3) is 6.14. The molecule has 2 N–H and O–H groups in total. The summed E-state index contributed by atoms with van der Waals surface area (Å²) in [5.74, 6) is -1.93. The van der Waals surface area contributed by atoms with Crippen LogP contribution in [0.5, 0.6) is 0 Å². The highest BCUT2D eigenvalue weighted by atomic mass is 32.2. The van der Waals surface area contributed by atoms with Crippen LogP contribution in [0.3, 0.4) is 0 Å². The standard InChI is InChI=1S/C20H21N3O5S/c1-14(2)19(23-29(26,27)16-9-4-3-5-10-16)20(25)28-13-18(24)22-17-11-7-6-8-15(17)12-21/h3-11,14,19,23H,13H2,1-2H3,(H,22,24)/t19-/m0/s1. The van der Waals surface area contributed by atoms with Crippen molar-refractivity contribution in [2.75, 3.05) is 11.9 Å². The molecule has 0 radical (unpaired) electrons. The predicted molar refractivity (Wildman–Crippen MR) is 106 cm³/mol. The van der Waals surface area contributed by atoms with E-state index in [1.54, 1.807) is 50.2 Å². The number of nitrogens with zero attached hydrogens (tertiary/aromatic N) is 1. The van der Waals surface area contributed by atoms with Crippen LogP contribution in [0.4, 0.5) is 5.69 Å². The van der Waals surface area contributed by atoms with E-state index < -0.39 is 40.5 Å². The topological polar surface area (TPSA) is 125 Å². The van der Waals surface area contributed by atoms with E-state index in [2.05, 4.69) is 10.0 Å². The monoisotopic (exact) mass is 415 g/mol. The number of carbonyl (C=O) groups excluding carboxylic acids is 2. The molecule has 29 heavy (non-hydrogen) atoms. The molecule has 1 atom stereocenters. The zero-order valence-electron chi connectivity index (χ0n) is 16.0. The molecule has 2 rings (SSSR count). The molecule has 0 saturated carbocycles. The summed E-state index contributed by atoms with van der Waals surface area (Å²) in [6.07, 6.45) is 0. The van der Waals surface area contributed by atoms with Crippen molar-refractivity contribution in [1.82, 2.24) is 4.72 Å². The second-order valence-corrected chi connectivity index (χ2v) is 8.18. The van der Waals surface area contributed by atoms with Gasteiger partial charge in [0.15, 0.2) is 6.61 Å². The summed E-state index contributed by atoms with van der Waals surface area (Å²) in [5.41, 5.74) is 0.559. The summed E-state index contributed by atoms with van der Waals surface area (Å²) in [4.78, 5) is 24.5. The number of carbonyl (C=O) groups is 2. The Morgan fingerprint density at radius 2 is 1.69 bits per heavy atom. The van der Waals surface area contributed by atoms with Gasteiger partial charge in [0.2, 0.25) is 10.0 Å². The van der Waals surface area contributed by atoms with Gasteiger partial charge >= 0.3 is 5.97 Å². The maximum Gasteiger partial charge on any atom is 0.324 e. The molecule has 0 bridgehead atoms. The lowest BCUT2D eigenvalue weighted by Gasteiger charge is -2.20. The number of hydrogen-bond acceptors (Lipinski definition) is 6. The van der Waals surface area contributed by atoms with Crippen molar-refractivity contribution in [2.24, 2.45) is 5.92 Å². The van der Waals surface area contributed by atoms with Gasteiger partial charge in [-0.2, -0.15) is 9.98 Å². The molecule has 0 heterocycles. The first kappa shape index (κ1) is 22.1. The molecule has 0 saturated heterocycles. The number of sulfonamides is 1. The van der Waals surface area contributed by atoms with E-state index in [4.69, 9.17) is 10.00 Å². The summed E-state index contributed by atoms with van der Waals surface area (Å²) < 4.78 is 32.3. The second-order valence-electron chi connectivity index (χ2n) is 6.47. The van der Waals surface area contributed by atoms with Crippen LogP contribution in [0, 0.1) is 17.2 Å². The van der Waals surface area contributed by atoms with Crippen molar-refractivity contribution in [3.05, 3.63) is 60.2 Å². The molecular weight excluding hydrogens is 394 g/mol. The van der Waals surface area contributed by atoms with Crippen LogP contribution < -0.4 is 10.0 Å². The third-order valence-corrected chi connectivity index (χ3v) is 5.38. The number of nitriles is 1. The minimum atomic E-state index is -3.93. The van der Waals surface area contributed by atoms with Crippen molar-refractivity contribution in [3.63, 3.8) is 0 Å². The summed E-state index contributed by atoms with van der Waals surface area (Å²) in [5, 5.41) is 11.5. The van der Waals surface area contributed by atoms with Crippen molar-refractivity contribution in [2.45, 2.75) is 24.8 Å². The van der Waals surface area contributed by atoms with Crippen LogP contribution in [0.25, 0.3) is 0 Å². The van der Waals surface area contributed by atoms with Gasteiger partial charge in [-0.3, -0.25) is 9.59 Å². The molecule has 1 amide bonds. The molecule has 8 nitrogen and oxygen atoms in total. The van der Waals surface area contributed by atoms with Crippen LogP contribution in [-0.2, 0) is 24.3 Å². The van der Waals surface area contributed by atoms with Gasteiger partial charge in [-0.15, -0.1) is 0 Å². The van der Waals surface area contributed by atoms with Gasteiger partial charge < -0.3 is 10.1 Å². The SMILES string of the molecule is CC(C)[C@H](NS(=O)(=O)c1ccccc1)C(=O)OCC(=O)Nc1ccccc1C#N. The Kier molecular flexibility index (Phi) is 7.47. The molecule has 9 heteroatoms. The van der Waals surface area contributed by atoms with Crippen LogP contribution in [0.2, 0.25) is 0 Å². The Morgan fingerprint density at radius 1 is 1.07 bits per heavy atom. The highest BCUT2D eigenvalue weighted by molar-refractivity contribution is 7.89. The molecule has 0 spiro atoms. The lowest BCUT2D eigenvalue weighted by molar-refractivity contribution is -0.150. The van der Waals surface area contributed by atoms with Gasteiger partial charge in [0, 0.05) is 0 Å². The van der Waals surface area contributed by atoms with Crippen molar-refractivity contribution in [1.29, 1.82) is 5.26 Å². The average Bonchev–Trinajstić information content (AvgIpc) is 2.71. The number of esters is 1. The van der Waals surface area contributed by atoms with Crippen molar-refractivity contribution >= 4 is 27.6 Å². The normalized spacial score (nSPS) is 12.1. The van der Waals surface area contributed by atoms with Crippen LogP contribution >= 0.6 is 0 Å². The van der Waals surface area contributed by atoms with Gasteiger partial charge in [0.05, 0.1) is 16.1 Å². The number of para-hydroxylation sites is 1. The molecule has 0 aliphatic carbocycles. The fourth-order valence-corrected chi connectivity index (χ4v) is 3.75. The Labute approximate surface area is 169 Å². The molecule has 0 unspecified atom stereocenters. The van der Waals surface area contributed by atoms with E-state index in [-0.39, 0.29) is 10.5 Å². The van der Waals surface area contributed by atoms with Crippen LogP contribution in [-0.4, -0.2) is 32.9 Å². The average molecular weight is 415 g/mol. The molecule has 0 aliphatic rings. The first-order chi connectivity index (χ1) is 13.7. The molecule has 152 valence electrons. The van der Waals surface area contributed by atoms with Crippen molar-refractivity contribution in [3.8, 4) is 6.07 Å². The van der Waals surface area contributed by atoms with E-state index in [0.717, 1.165) is 0 Å². The van der Waals surface area contributed by atoms with Gasteiger partial charge in [-0.25, -0.2) is 8.42 Å². The number of rotatable bonds is 8. The smallest absolute Gasteiger partial charge is 0.324 e. The predicted octanol–water partition coefficient (Wildman–Crippen LogP) is 2.04. The molecule has 0 fully saturated rings. The van der Waals surface area contributed by atoms with Gasteiger partial charge in [-0.1, -0.05) is 44.2 Å². The Hall–Kier alpha value is -3.22. The number of anilines is 1. The zero-order valence-corrected chi connectivity index (χ0v) is 16.8. The summed E-state index contributed by atoms with van der Waals surface area (Å²) in [6.45, 7) is 2.69. The Bertz CT molecular complexity index is 1010. The number of ether oxygens (including phenoxy) is 1. The first-order valence-electron chi connectivity index (χ1n) is 8.77. The van der Waals surface area contributed by atoms with E-state index in [0.29, 0.717) is 5.69 Å². The van der Waals surface area contributed by atoms with Crippen LogP contribution in [0.1, 0.15) is 19.4 Å². The number of nitrogens with one attached hydrogen (secondary N) is 2. The summed E-state index contributed by atoms with van der Waals surface area (Å²) in [7, 11) is -3.93. The van der Waals surface area contributed by atoms with E-state index in [9.17, 15) is 18.0 Å². The Morgan fingerprint density at radius 3 is 2.31 bits per heavy atom. The first-order valence-corrected chi connectivity index (χ1v) is 10.3. The summed E-state index contributed by atoms with van der Waals surface area (Å²) >= 11 is 0. The maximum absolute atomic E-state index is 12.5. The molecule has 0 aromatic heterocycles. The van der Waals surface area contributed by atoms with Crippen molar-refractivity contribution < 1.29 is 22.7 Å².